The van der Waals surface area contributed by atoms with Crippen molar-refractivity contribution in [2.24, 2.45) is 11.7 Å². The van der Waals surface area contributed by atoms with Crippen molar-refractivity contribution in [3.05, 3.63) is 113 Å². The maximum atomic E-state index is 14.9. The van der Waals surface area contributed by atoms with Gasteiger partial charge in [-0.25, -0.2) is 26.3 Å². The summed E-state index contributed by atoms with van der Waals surface area (Å²) in [5, 5.41) is 7.30. The minimum absolute atomic E-state index is 0.0143. The quantitative estimate of drug-likeness (QED) is 0.113. The Bertz CT molecular complexity index is 1570. The van der Waals surface area contributed by atoms with Crippen molar-refractivity contribution in [2.75, 3.05) is 6.54 Å². The standard InChI is InChI=1S/C30H22F8N2O/c31-24-9-16(1-2-17(14-39)15-40)3-6-21(24)18-4-8-23(26(33)10-18)30(37,38)41-20-5-7-22(25(32)13-20)19-11-27(34)29(36)28(35)12-19/h3-14,17,39H,1-2,15,40H2. The highest BCUT2D eigenvalue weighted by atomic mass is 19.3. The van der Waals surface area contributed by atoms with Crippen LogP contribution >= 0.6 is 0 Å². The molecule has 0 fully saturated rings. The number of ether oxygens (including phenoxy) is 1. The van der Waals surface area contributed by atoms with Gasteiger partial charge < -0.3 is 15.9 Å². The molecule has 0 saturated carbocycles. The maximum Gasteiger partial charge on any atom is 0.429 e. The van der Waals surface area contributed by atoms with Gasteiger partial charge in [-0.1, -0.05) is 18.2 Å². The molecule has 3 nitrogen and oxygen atoms in total. The van der Waals surface area contributed by atoms with E-state index in [9.17, 15) is 35.1 Å². The van der Waals surface area contributed by atoms with Crippen LogP contribution in [0.3, 0.4) is 0 Å². The first-order chi connectivity index (χ1) is 19.4. The molecule has 214 valence electrons. The first-order valence-electron chi connectivity index (χ1n) is 12.2. The Hall–Kier alpha value is -4.25. The van der Waals surface area contributed by atoms with Crippen molar-refractivity contribution < 1.29 is 39.9 Å². The topological polar surface area (TPSA) is 59.1 Å². The Morgan fingerprint density at radius 3 is 1.93 bits per heavy atom. The monoisotopic (exact) mass is 578 g/mol. The number of aryl methyl sites for hydroxylation is 1. The smallest absolute Gasteiger partial charge is 0.429 e. The number of nitrogens with one attached hydrogen (secondary N) is 1. The van der Waals surface area contributed by atoms with E-state index in [0.717, 1.165) is 18.2 Å². The van der Waals surface area contributed by atoms with Gasteiger partial charge in [0.15, 0.2) is 17.5 Å². The summed E-state index contributed by atoms with van der Waals surface area (Å²) in [6.45, 7) is 0.280. The van der Waals surface area contributed by atoms with Crippen LogP contribution in [0.5, 0.6) is 5.75 Å². The molecule has 11 heteroatoms. The van der Waals surface area contributed by atoms with E-state index in [1.54, 1.807) is 6.07 Å². The van der Waals surface area contributed by atoms with Gasteiger partial charge in [0, 0.05) is 29.7 Å². The zero-order valence-corrected chi connectivity index (χ0v) is 21.1. The SMILES string of the molecule is N=CC(CN)CCc1ccc(-c2ccc(C(F)(F)Oc3ccc(-c4cc(F)c(F)c(F)c4)c(F)c3)c(F)c2)c(F)c1. The molecular formula is C30H22F8N2O. The zero-order chi connectivity index (χ0) is 29.9. The van der Waals surface area contributed by atoms with Crippen molar-refractivity contribution in [2.45, 2.75) is 19.0 Å². The lowest BCUT2D eigenvalue weighted by molar-refractivity contribution is -0.187. The summed E-state index contributed by atoms with van der Waals surface area (Å²) in [6.07, 6.45) is -2.09. The van der Waals surface area contributed by atoms with Crippen molar-refractivity contribution in [1.29, 1.82) is 5.41 Å². The number of alkyl halides is 2. The molecule has 3 N–H and O–H groups in total. The molecule has 0 saturated heterocycles. The third-order valence-electron chi connectivity index (χ3n) is 6.45. The van der Waals surface area contributed by atoms with Crippen LogP contribution < -0.4 is 10.5 Å². The van der Waals surface area contributed by atoms with Gasteiger partial charge >= 0.3 is 6.11 Å². The summed E-state index contributed by atoms with van der Waals surface area (Å²) < 4.78 is 119. The van der Waals surface area contributed by atoms with E-state index in [0.29, 0.717) is 48.7 Å². The predicted molar refractivity (Wildman–Crippen MR) is 138 cm³/mol. The van der Waals surface area contributed by atoms with E-state index in [4.69, 9.17) is 11.1 Å². The number of rotatable bonds is 10. The first kappa shape index (κ1) is 29.7. The van der Waals surface area contributed by atoms with E-state index < -0.39 is 57.9 Å². The molecule has 0 aliphatic carbocycles. The summed E-state index contributed by atoms with van der Waals surface area (Å²) in [6, 6.07) is 10.1. The molecule has 0 aliphatic heterocycles. The highest BCUT2D eigenvalue weighted by Gasteiger charge is 2.38. The summed E-state index contributed by atoms with van der Waals surface area (Å²) >= 11 is 0. The number of benzene rings is 4. The van der Waals surface area contributed by atoms with Crippen LogP contribution in [0.4, 0.5) is 35.1 Å². The third kappa shape index (κ3) is 6.57. The van der Waals surface area contributed by atoms with Crippen LogP contribution in [0.2, 0.25) is 0 Å². The highest BCUT2D eigenvalue weighted by Crippen LogP contribution is 2.37. The lowest BCUT2D eigenvalue weighted by Gasteiger charge is -2.20. The van der Waals surface area contributed by atoms with Gasteiger partial charge in [0.2, 0.25) is 0 Å². The Kier molecular flexibility index (Phi) is 8.77. The minimum Gasteiger partial charge on any atom is -0.429 e. The molecule has 4 aromatic carbocycles. The predicted octanol–water partition coefficient (Wildman–Crippen LogP) is 8.14. The van der Waals surface area contributed by atoms with Crippen molar-refractivity contribution in [3.8, 4) is 28.0 Å². The molecule has 1 unspecified atom stereocenters. The normalized spacial score (nSPS) is 12.3. The summed E-state index contributed by atoms with van der Waals surface area (Å²) in [4.78, 5) is 0. The molecule has 4 aromatic rings. The first-order valence-corrected chi connectivity index (χ1v) is 12.2. The average molecular weight is 579 g/mol. The Morgan fingerprint density at radius 2 is 1.34 bits per heavy atom. The van der Waals surface area contributed by atoms with Gasteiger partial charge in [-0.05, 0) is 78.2 Å². The van der Waals surface area contributed by atoms with Gasteiger partial charge in [-0.2, -0.15) is 8.78 Å². The fourth-order valence-electron chi connectivity index (χ4n) is 4.20. The third-order valence-corrected chi connectivity index (χ3v) is 6.45. The second-order valence-corrected chi connectivity index (χ2v) is 9.22. The van der Waals surface area contributed by atoms with E-state index in [-0.39, 0.29) is 29.2 Å². The average Bonchev–Trinajstić information content (AvgIpc) is 2.91. The van der Waals surface area contributed by atoms with Crippen molar-refractivity contribution >= 4 is 6.21 Å². The van der Waals surface area contributed by atoms with Crippen LogP contribution in [0.25, 0.3) is 22.3 Å². The maximum absolute atomic E-state index is 14.9. The Balaban J connectivity index is 1.53. The van der Waals surface area contributed by atoms with E-state index >= 15 is 0 Å². The molecule has 0 amide bonds. The molecule has 0 spiro atoms. The molecule has 0 heterocycles. The summed E-state index contributed by atoms with van der Waals surface area (Å²) in [5.41, 5.74) is 4.12. The summed E-state index contributed by atoms with van der Waals surface area (Å²) in [7, 11) is 0. The van der Waals surface area contributed by atoms with Gasteiger partial charge in [0.1, 0.15) is 23.2 Å². The van der Waals surface area contributed by atoms with Gasteiger partial charge in [0.05, 0.1) is 5.56 Å². The highest BCUT2D eigenvalue weighted by molar-refractivity contribution is 5.66. The van der Waals surface area contributed by atoms with E-state index in [2.05, 4.69) is 4.74 Å². The second kappa shape index (κ2) is 12.1. The molecule has 0 bridgehead atoms. The number of halogens is 8. The largest absolute Gasteiger partial charge is 0.429 e. The number of hydrogen-bond donors (Lipinski definition) is 2. The van der Waals surface area contributed by atoms with Gasteiger partial charge in [-0.15, -0.1) is 0 Å². The summed E-state index contributed by atoms with van der Waals surface area (Å²) in [5.74, 6) is -9.10. The van der Waals surface area contributed by atoms with Crippen LogP contribution in [-0.2, 0) is 12.5 Å². The lowest BCUT2D eigenvalue weighted by atomic mass is 9.97. The second-order valence-electron chi connectivity index (χ2n) is 9.22. The fourth-order valence-corrected chi connectivity index (χ4v) is 4.20. The Labute approximate surface area is 229 Å². The zero-order valence-electron chi connectivity index (χ0n) is 21.1. The van der Waals surface area contributed by atoms with Crippen LogP contribution in [0, 0.1) is 46.2 Å². The van der Waals surface area contributed by atoms with Crippen LogP contribution in [0.1, 0.15) is 17.5 Å². The van der Waals surface area contributed by atoms with Crippen LogP contribution in [-0.4, -0.2) is 12.8 Å². The lowest BCUT2D eigenvalue weighted by Crippen LogP contribution is -2.23. The molecule has 0 radical (unpaired) electrons. The molecule has 0 aliphatic rings. The minimum atomic E-state index is -4.29. The van der Waals surface area contributed by atoms with E-state index in [1.165, 1.54) is 18.3 Å². The van der Waals surface area contributed by atoms with E-state index in [1.807, 2.05) is 0 Å². The fraction of sp³-hybridized carbons (Fsp3) is 0.167. The van der Waals surface area contributed by atoms with Crippen molar-refractivity contribution in [3.63, 3.8) is 0 Å². The Morgan fingerprint density at radius 1 is 0.732 bits per heavy atom. The molecule has 4 rings (SSSR count). The molecule has 41 heavy (non-hydrogen) atoms. The number of hydrogen-bond acceptors (Lipinski definition) is 3. The molecule has 0 aromatic heterocycles. The van der Waals surface area contributed by atoms with Crippen LogP contribution in [0.15, 0.2) is 66.7 Å². The van der Waals surface area contributed by atoms with Crippen molar-refractivity contribution in [1.82, 2.24) is 0 Å². The van der Waals surface area contributed by atoms with Gasteiger partial charge in [0.25, 0.3) is 0 Å². The molecular weight excluding hydrogens is 556 g/mol. The molecule has 1 atom stereocenters. The number of nitrogens with two attached hydrogens (primary N) is 1. The van der Waals surface area contributed by atoms with Gasteiger partial charge in [-0.3, -0.25) is 0 Å².